The van der Waals surface area contributed by atoms with Crippen molar-refractivity contribution in [3.8, 4) is 22.4 Å². The van der Waals surface area contributed by atoms with Gasteiger partial charge < -0.3 is 9.88 Å². The molecule has 1 fully saturated rings. The lowest BCUT2D eigenvalue weighted by Gasteiger charge is -2.29. The Kier molecular flexibility index (Phi) is 6.08. The van der Waals surface area contributed by atoms with Crippen LogP contribution in [0.25, 0.3) is 33.4 Å². The van der Waals surface area contributed by atoms with Crippen molar-refractivity contribution in [2.45, 2.75) is 6.92 Å². The van der Waals surface area contributed by atoms with E-state index in [1.165, 1.54) is 0 Å². The Hall–Kier alpha value is -3.62. The molecule has 4 aromatic rings. The van der Waals surface area contributed by atoms with Gasteiger partial charge in [0.1, 0.15) is 5.82 Å². The zero-order valence-electron chi connectivity index (χ0n) is 19.0. The molecule has 8 nitrogen and oxygen atoms in total. The Labute approximate surface area is 201 Å². The molecule has 0 amide bonds. The minimum absolute atomic E-state index is 0.217. The third kappa shape index (κ3) is 4.69. The van der Waals surface area contributed by atoms with Crippen molar-refractivity contribution in [1.82, 2.24) is 24.9 Å². The maximum atomic E-state index is 12.8. The quantitative estimate of drug-likeness (QED) is 0.427. The number of likely N-dealkylation sites (N-methyl/N-ethyl adjacent to an activating group) is 1. The molecular formula is C25H24ClN7O. The number of H-pyrrole nitrogens is 1. The van der Waals surface area contributed by atoms with Crippen LogP contribution >= 0.6 is 11.6 Å². The van der Waals surface area contributed by atoms with E-state index in [0.29, 0.717) is 21.9 Å². The van der Waals surface area contributed by atoms with Crippen LogP contribution < -0.4 is 5.56 Å². The van der Waals surface area contributed by atoms with Crippen LogP contribution in [0.4, 0.5) is 5.69 Å². The first-order chi connectivity index (χ1) is 16.5. The molecule has 2 aromatic carbocycles. The molecule has 0 saturated carbocycles. The highest BCUT2D eigenvalue weighted by atomic mass is 35.5. The Morgan fingerprint density at radius 3 is 2.32 bits per heavy atom. The first-order valence-corrected chi connectivity index (χ1v) is 11.5. The minimum atomic E-state index is -0.217. The van der Waals surface area contributed by atoms with Gasteiger partial charge in [0.15, 0.2) is 5.65 Å². The summed E-state index contributed by atoms with van der Waals surface area (Å²) in [5.41, 5.74) is 4.20. The van der Waals surface area contributed by atoms with Gasteiger partial charge in [-0.1, -0.05) is 41.1 Å². The van der Waals surface area contributed by atoms with Crippen LogP contribution in [0, 0.1) is 6.92 Å². The summed E-state index contributed by atoms with van der Waals surface area (Å²) in [5, 5.41) is 11.8. The van der Waals surface area contributed by atoms with Crippen LogP contribution in [-0.2, 0) is 0 Å². The summed E-state index contributed by atoms with van der Waals surface area (Å²) in [6.45, 7) is 5.46. The van der Waals surface area contributed by atoms with Gasteiger partial charge in [0.05, 0.1) is 29.9 Å². The molecule has 1 N–H and O–H groups in total. The van der Waals surface area contributed by atoms with Gasteiger partial charge in [-0.05, 0) is 49.9 Å². The van der Waals surface area contributed by atoms with Gasteiger partial charge in [0.25, 0.3) is 5.56 Å². The zero-order valence-corrected chi connectivity index (χ0v) is 19.8. The van der Waals surface area contributed by atoms with E-state index in [1.54, 1.807) is 19.1 Å². The molecule has 9 heteroatoms. The van der Waals surface area contributed by atoms with Gasteiger partial charge in [-0.15, -0.1) is 5.11 Å². The van der Waals surface area contributed by atoms with Crippen LogP contribution in [0.3, 0.4) is 0 Å². The largest absolute Gasteiger partial charge is 0.310 e. The number of halogens is 1. The average molecular weight is 474 g/mol. The van der Waals surface area contributed by atoms with Crippen molar-refractivity contribution < 1.29 is 0 Å². The highest BCUT2D eigenvalue weighted by molar-refractivity contribution is 6.30. The number of hydrogen-bond acceptors (Lipinski definition) is 6. The summed E-state index contributed by atoms with van der Waals surface area (Å²) in [4.78, 5) is 27.0. The average Bonchev–Trinajstić information content (AvgIpc) is 2.83. The second kappa shape index (κ2) is 9.32. The summed E-state index contributed by atoms with van der Waals surface area (Å²) in [6.07, 6.45) is 0. The zero-order chi connectivity index (χ0) is 23.7. The maximum Gasteiger partial charge on any atom is 0.261 e. The van der Waals surface area contributed by atoms with Crippen molar-refractivity contribution in [2.75, 3.05) is 33.2 Å². The number of piperazine rings is 1. The molecule has 0 radical (unpaired) electrons. The molecule has 0 unspecified atom stereocenters. The third-order valence-electron chi connectivity index (χ3n) is 5.88. The molecule has 0 aliphatic carbocycles. The van der Waals surface area contributed by atoms with Gasteiger partial charge in [-0.25, -0.2) is 9.97 Å². The molecular weight excluding hydrogens is 450 g/mol. The predicted octanol–water partition coefficient (Wildman–Crippen LogP) is 4.86. The van der Waals surface area contributed by atoms with Gasteiger partial charge >= 0.3 is 0 Å². The van der Waals surface area contributed by atoms with Crippen molar-refractivity contribution in [1.29, 1.82) is 0 Å². The molecule has 2 aromatic heterocycles. The van der Waals surface area contributed by atoms with Crippen molar-refractivity contribution in [3.63, 3.8) is 0 Å². The van der Waals surface area contributed by atoms with Crippen molar-refractivity contribution in [2.24, 2.45) is 10.3 Å². The lowest BCUT2D eigenvalue weighted by atomic mass is 10.00. The maximum absolute atomic E-state index is 12.8. The first-order valence-electron chi connectivity index (χ1n) is 11.1. The minimum Gasteiger partial charge on any atom is -0.310 e. The van der Waals surface area contributed by atoms with Gasteiger partial charge in [-0.3, -0.25) is 9.80 Å². The fourth-order valence-corrected chi connectivity index (χ4v) is 4.08. The number of aryl methyl sites for hydroxylation is 1. The molecule has 0 bridgehead atoms. The summed E-state index contributed by atoms with van der Waals surface area (Å²) in [7, 11) is 2.11. The number of benzene rings is 2. The number of aromatic amines is 1. The molecule has 3 heterocycles. The van der Waals surface area contributed by atoms with E-state index in [2.05, 4.69) is 32.3 Å². The summed E-state index contributed by atoms with van der Waals surface area (Å²) in [6, 6.07) is 17.1. The van der Waals surface area contributed by atoms with E-state index in [9.17, 15) is 4.79 Å². The van der Waals surface area contributed by atoms with E-state index in [-0.39, 0.29) is 5.56 Å². The van der Waals surface area contributed by atoms with E-state index >= 15 is 0 Å². The highest BCUT2D eigenvalue weighted by Crippen LogP contribution is 2.31. The molecule has 0 spiro atoms. The third-order valence-corrected chi connectivity index (χ3v) is 6.13. The number of nitrogens with zero attached hydrogens (tertiary/aromatic N) is 6. The van der Waals surface area contributed by atoms with Crippen LogP contribution in [0.15, 0.2) is 69.7 Å². The normalized spacial score (nSPS) is 14.9. The smallest absolute Gasteiger partial charge is 0.261 e. The second-order valence-corrected chi connectivity index (χ2v) is 8.84. The lowest BCUT2D eigenvalue weighted by Crippen LogP contribution is -2.41. The molecule has 5 rings (SSSR count). The topological polar surface area (TPSA) is 89.8 Å². The van der Waals surface area contributed by atoms with Crippen LogP contribution in [0.2, 0.25) is 5.02 Å². The Morgan fingerprint density at radius 2 is 1.62 bits per heavy atom. The number of nitrogens with one attached hydrogen (secondary N) is 1. The number of pyridine rings is 1. The number of fused-ring (bicyclic) bond motifs is 1. The molecule has 34 heavy (non-hydrogen) atoms. The number of rotatable bonds is 4. The Morgan fingerprint density at radius 1 is 0.941 bits per heavy atom. The van der Waals surface area contributed by atoms with Gasteiger partial charge in [0, 0.05) is 29.2 Å². The summed E-state index contributed by atoms with van der Waals surface area (Å²) in [5.74, 6) is 0.517. The Balaban J connectivity index is 1.51. The molecule has 1 aliphatic rings. The number of aromatic nitrogens is 3. The van der Waals surface area contributed by atoms with E-state index in [4.69, 9.17) is 16.6 Å². The number of hydrogen-bond donors (Lipinski definition) is 1. The van der Waals surface area contributed by atoms with Gasteiger partial charge in [-0.2, -0.15) is 0 Å². The van der Waals surface area contributed by atoms with E-state index in [0.717, 1.165) is 54.3 Å². The molecule has 1 saturated heterocycles. The molecule has 172 valence electrons. The van der Waals surface area contributed by atoms with Gasteiger partial charge in [0.2, 0.25) is 0 Å². The highest BCUT2D eigenvalue weighted by Gasteiger charge is 2.15. The van der Waals surface area contributed by atoms with E-state index in [1.807, 2.05) is 47.5 Å². The van der Waals surface area contributed by atoms with Crippen LogP contribution in [-0.4, -0.2) is 58.1 Å². The first kappa shape index (κ1) is 22.2. The molecule has 0 atom stereocenters. The predicted molar refractivity (Wildman–Crippen MR) is 134 cm³/mol. The summed E-state index contributed by atoms with van der Waals surface area (Å²) < 4.78 is 0. The second-order valence-electron chi connectivity index (χ2n) is 8.41. The lowest BCUT2D eigenvalue weighted by molar-refractivity contribution is 0.150. The summed E-state index contributed by atoms with van der Waals surface area (Å²) >= 11 is 6.08. The standard InChI is InChI=1S/C25H24ClN7O/c1-16-27-24-23(25(34)28-16)21(17-3-7-19(26)8-4-17)15-22(29-24)18-5-9-20(10-6-18)30-31-33-13-11-32(2)12-14-33/h3-10,15H,11-14H2,1-2H3,(H,27,28,29,34). The molecule has 1 aliphatic heterocycles. The SMILES string of the molecule is Cc1nc2nc(-c3ccc(N=NN4CCN(C)CC4)cc3)cc(-c3ccc(Cl)cc3)c2c(=O)[nH]1. The van der Waals surface area contributed by atoms with Crippen molar-refractivity contribution >= 4 is 28.3 Å². The van der Waals surface area contributed by atoms with Crippen LogP contribution in [0.5, 0.6) is 0 Å². The monoisotopic (exact) mass is 473 g/mol. The van der Waals surface area contributed by atoms with Crippen molar-refractivity contribution in [3.05, 3.63) is 75.8 Å². The fourth-order valence-electron chi connectivity index (χ4n) is 3.95. The van der Waals surface area contributed by atoms with Crippen LogP contribution in [0.1, 0.15) is 5.82 Å². The Bertz CT molecular complexity index is 1410. The van der Waals surface area contributed by atoms with E-state index < -0.39 is 0 Å². The fraction of sp³-hybridized carbons (Fsp3) is 0.240.